The van der Waals surface area contributed by atoms with Crippen LogP contribution in [0, 0.1) is 6.07 Å². The van der Waals surface area contributed by atoms with E-state index in [0.29, 0.717) is 17.7 Å². The number of nitrogens with zero attached hydrogens (tertiary/aromatic N) is 1. The Morgan fingerprint density at radius 1 is 1.21 bits per heavy atom. The smallest absolute Gasteiger partial charge is 0.213 e. The SMILES string of the molecule is COc1cc(C(C)C)[c]c(C(C)C)n1. The van der Waals surface area contributed by atoms with Gasteiger partial charge in [-0.25, -0.2) is 4.98 Å². The van der Waals surface area contributed by atoms with Crippen molar-refractivity contribution in [3.8, 4) is 5.88 Å². The van der Waals surface area contributed by atoms with Crippen LogP contribution < -0.4 is 4.74 Å². The zero-order chi connectivity index (χ0) is 10.7. The first-order chi connectivity index (χ1) is 6.54. The van der Waals surface area contributed by atoms with Crippen LogP contribution in [0.5, 0.6) is 5.88 Å². The van der Waals surface area contributed by atoms with E-state index in [2.05, 4.69) is 38.7 Å². The molecule has 0 bridgehead atoms. The summed E-state index contributed by atoms with van der Waals surface area (Å²) in [6.07, 6.45) is 0. The Bertz CT molecular complexity index is 279. The minimum absolute atomic E-state index is 0.391. The maximum atomic E-state index is 5.16. The van der Waals surface area contributed by atoms with Gasteiger partial charge in [0.1, 0.15) is 0 Å². The van der Waals surface area contributed by atoms with Crippen LogP contribution in [0.2, 0.25) is 0 Å². The lowest BCUT2D eigenvalue weighted by Crippen LogP contribution is -2.00. The first kappa shape index (κ1) is 11.0. The quantitative estimate of drug-likeness (QED) is 0.734. The van der Waals surface area contributed by atoms with Gasteiger partial charge < -0.3 is 4.74 Å². The van der Waals surface area contributed by atoms with Gasteiger partial charge in [-0.1, -0.05) is 27.7 Å². The van der Waals surface area contributed by atoms with Gasteiger partial charge in [-0.05, 0) is 17.4 Å². The fraction of sp³-hybridized carbons (Fsp3) is 0.583. The molecule has 0 aromatic carbocycles. The van der Waals surface area contributed by atoms with Gasteiger partial charge in [0.25, 0.3) is 0 Å². The summed E-state index contributed by atoms with van der Waals surface area (Å²) in [5, 5.41) is 0. The molecular formula is C12H18NO. The molecule has 1 aromatic heterocycles. The molecule has 2 heteroatoms. The number of aromatic nitrogens is 1. The Hall–Kier alpha value is -1.05. The molecule has 1 aromatic rings. The van der Waals surface area contributed by atoms with E-state index in [1.807, 2.05) is 6.07 Å². The normalized spacial score (nSPS) is 11.1. The van der Waals surface area contributed by atoms with Crippen LogP contribution >= 0.6 is 0 Å². The van der Waals surface area contributed by atoms with Crippen molar-refractivity contribution >= 4 is 0 Å². The highest BCUT2D eigenvalue weighted by Gasteiger charge is 2.09. The van der Waals surface area contributed by atoms with Gasteiger partial charge in [0.05, 0.1) is 12.8 Å². The molecule has 0 N–H and O–H groups in total. The number of hydrogen-bond acceptors (Lipinski definition) is 2. The molecule has 0 fully saturated rings. The zero-order valence-electron chi connectivity index (χ0n) is 9.59. The van der Waals surface area contributed by atoms with Gasteiger partial charge in [-0.15, -0.1) is 0 Å². The highest BCUT2D eigenvalue weighted by atomic mass is 16.5. The standard InChI is InChI=1S/C12H18NO/c1-8(2)10-6-11(9(3)4)13-12(7-10)14-5/h7-9H,1-5H3. The van der Waals surface area contributed by atoms with Crippen LogP contribution in [0.4, 0.5) is 0 Å². The summed E-state index contributed by atoms with van der Waals surface area (Å²) in [5.41, 5.74) is 2.15. The van der Waals surface area contributed by atoms with E-state index in [9.17, 15) is 0 Å². The molecule has 0 saturated carbocycles. The predicted molar refractivity (Wildman–Crippen MR) is 57.8 cm³/mol. The largest absolute Gasteiger partial charge is 0.481 e. The van der Waals surface area contributed by atoms with E-state index >= 15 is 0 Å². The average molecular weight is 192 g/mol. The Labute approximate surface area is 86.3 Å². The molecule has 0 aliphatic heterocycles. The molecule has 1 heterocycles. The lowest BCUT2D eigenvalue weighted by Gasteiger charge is -2.11. The van der Waals surface area contributed by atoms with E-state index in [-0.39, 0.29) is 0 Å². The Balaban J connectivity index is 3.13. The molecule has 2 nitrogen and oxygen atoms in total. The van der Waals surface area contributed by atoms with Crippen molar-refractivity contribution in [3.63, 3.8) is 0 Å². The molecule has 0 unspecified atom stereocenters. The van der Waals surface area contributed by atoms with Crippen molar-refractivity contribution in [2.24, 2.45) is 0 Å². The van der Waals surface area contributed by atoms with Gasteiger partial charge in [0, 0.05) is 12.1 Å². The lowest BCUT2D eigenvalue weighted by atomic mass is 10.0. The highest BCUT2D eigenvalue weighted by Crippen LogP contribution is 2.22. The van der Waals surface area contributed by atoms with E-state index in [4.69, 9.17) is 4.74 Å². The van der Waals surface area contributed by atoms with Crippen molar-refractivity contribution in [1.82, 2.24) is 4.98 Å². The molecule has 77 valence electrons. The van der Waals surface area contributed by atoms with Crippen LogP contribution in [0.1, 0.15) is 50.8 Å². The van der Waals surface area contributed by atoms with E-state index in [1.165, 1.54) is 5.56 Å². The predicted octanol–water partition coefficient (Wildman–Crippen LogP) is 3.14. The lowest BCUT2D eigenvalue weighted by molar-refractivity contribution is 0.394. The van der Waals surface area contributed by atoms with E-state index < -0.39 is 0 Å². The first-order valence-electron chi connectivity index (χ1n) is 5.02. The molecule has 0 amide bonds. The van der Waals surface area contributed by atoms with Crippen molar-refractivity contribution in [3.05, 3.63) is 23.4 Å². The maximum Gasteiger partial charge on any atom is 0.213 e. The van der Waals surface area contributed by atoms with E-state index in [1.54, 1.807) is 7.11 Å². The molecule has 0 atom stereocenters. The second-order valence-corrected chi connectivity index (χ2v) is 4.07. The summed E-state index contributed by atoms with van der Waals surface area (Å²) < 4.78 is 5.16. The highest BCUT2D eigenvalue weighted by molar-refractivity contribution is 5.27. The summed E-state index contributed by atoms with van der Waals surface area (Å²) in [5.74, 6) is 1.54. The minimum atomic E-state index is 0.391. The second kappa shape index (κ2) is 4.45. The topological polar surface area (TPSA) is 22.1 Å². The molecular weight excluding hydrogens is 174 g/mol. The monoisotopic (exact) mass is 192 g/mol. The van der Waals surface area contributed by atoms with Crippen LogP contribution in [-0.2, 0) is 0 Å². The number of methoxy groups -OCH3 is 1. The molecule has 0 spiro atoms. The van der Waals surface area contributed by atoms with E-state index in [0.717, 1.165) is 5.69 Å². The Kier molecular flexibility index (Phi) is 3.50. The van der Waals surface area contributed by atoms with Crippen molar-refractivity contribution in [2.75, 3.05) is 7.11 Å². The van der Waals surface area contributed by atoms with Crippen LogP contribution in [0.25, 0.3) is 0 Å². The second-order valence-electron chi connectivity index (χ2n) is 4.07. The van der Waals surface area contributed by atoms with Crippen LogP contribution in [0.3, 0.4) is 0 Å². The van der Waals surface area contributed by atoms with Gasteiger partial charge in [0.15, 0.2) is 0 Å². The number of pyridine rings is 1. The van der Waals surface area contributed by atoms with Crippen molar-refractivity contribution in [1.29, 1.82) is 0 Å². The zero-order valence-corrected chi connectivity index (χ0v) is 9.59. The molecule has 0 aliphatic carbocycles. The van der Waals surface area contributed by atoms with Crippen molar-refractivity contribution in [2.45, 2.75) is 39.5 Å². The summed E-state index contributed by atoms with van der Waals surface area (Å²) in [6.45, 7) is 8.52. The third kappa shape index (κ3) is 2.47. The Morgan fingerprint density at radius 3 is 2.29 bits per heavy atom. The maximum absolute atomic E-state index is 5.16. The third-order valence-electron chi connectivity index (χ3n) is 2.16. The summed E-state index contributed by atoms with van der Waals surface area (Å²) >= 11 is 0. The third-order valence-corrected chi connectivity index (χ3v) is 2.16. The number of hydrogen-bond donors (Lipinski definition) is 0. The minimum Gasteiger partial charge on any atom is -0.481 e. The number of rotatable bonds is 3. The summed E-state index contributed by atoms with van der Waals surface area (Å²) in [6, 6.07) is 5.28. The van der Waals surface area contributed by atoms with Gasteiger partial charge in [-0.2, -0.15) is 0 Å². The van der Waals surface area contributed by atoms with Gasteiger partial charge in [-0.3, -0.25) is 0 Å². The van der Waals surface area contributed by atoms with Crippen LogP contribution in [-0.4, -0.2) is 12.1 Å². The average Bonchev–Trinajstić information content (AvgIpc) is 2.16. The fourth-order valence-corrected chi connectivity index (χ4v) is 1.18. The first-order valence-corrected chi connectivity index (χ1v) is 5.02. The molecule has 0 aliphatic rings. The number of ether oxygens (including phenoxy) is 1. The molecule has 0 saturated heterocycles. The summed E-state index contributed by atoms with van der Waals surface area (Å²) in [7, 11) is 1.65. The molecule has 1 radical (unpaired) electrons. The molecule has 1 rings (SSSR count). The van der Waals surface area contributed by atoms with Crippen LogP contribution in [0.15, 0.2) is 6.07 Å². The Morgan fingerprint density at radius 2 is 1.86 bits per heavy atom. The van der Waals surface area contributed by atoms with Crippen molar-refractivity contribution < 1.29 is 4.74 Å². The van der Waals surface area contributed by atoms with Gasteiger partial charge in [0.2, 0.25) is 5.88 Å². The summed E-state index contributed by atoms with van der Waals surface area (Å²) in [4.78, 5) is 4.36. The fourth-order valence-electron chi connectivity index (χ4n) is 1.18. The molecule has 14 heavy (non-hydrogen) atoms. The van der Waals surface area contributed by atoms with Gasteiger partial charge >= 0.3 is 0 Å².